The van der Waals surface area contributed by atoms with Crippen LogP contribution in [0, 0.1) is 5.92 Å². The molecule has 0 unspecified atom stereocenters. The molecule has 0 spiro atoms. The van der Waals surface area contributed by atoms with Gasteiger partial charge in [0.1, 0.15) is 0 Å². The van der Waals surface area contributed by atoms with Gasteiger partial charge in [0.15, 0.2) is 5.78 Å². The second kappa shape index (κ2) is 6.58. The van der Waals surface area contributed by atoms with Crippen LogP contribution >= 0.6 is 23.2 Å². The van der Waals surface area contributed by atoms with Crippen LogP contribution in [0.25, 0.3) is 0 Å². The minimum Gasteiger partial charge on any atom is -0.294 e. The number of halogens is 2. The molecule has 0 amide bonds. The molecule has 2 rings (SSSR count). The van der Waals surface area contributed by atoms with Gasteiger partial charge in [-0.1, -0.05) is 55.3 Å². The van der Waals surface area contributed by atoms with E-state index in [1.165, 1.54) is 19.3 Å². The van der Waals surface area contributed by atoms with Crippen LogP contribution in [0.15, 0.2) is 18.2 Å². The van der Waals surface area contributed by atoms with Crippen molar-refractivity contribution in [3.8, 4) is 0 Å². The normalized spacial score (nSPS) is 18.1. The predicted octanol–water partition coefficient (Wildman–Crippen LogP) is 5.54. The number of ketones is 1. The summed E-state index contributed by atoms with van der Waals surface area (Å²) < 4.78 is 0. The van der Waals surface area contributed by atoms with Gasteiger partial charge in [-0.25, -0.2) is 0 Å². The average Bonchev–Trinajstić information content (AvgIpc) is 2.27. The first kappa shape index (κ1) is 13.9. The molecule has 0 bridgehead atoms. The summed E-state index contributed by atoms with van der Waals surface area (Å²) in [4.78, 5) is 12.5. The molecule has 0 atom stereocenters. The Balaban J connectivity index is 2.13. The molecule has 0 aliphatic heterocycles. The van der Waals surface area contributed by atoms with Gasteiger partial charge in [0.2, 0.25) is 0 Å². The van der Waals surface area contributed by atoms with Crippen molar-refractivity contribution < 1.29 is 4.79 Å². The molecule has 18 heavy (non-hydrogen) atoms. The third kappa shape index (κ3) is 3.49. The summed E-state index contributed by atoms with van der Waals surface area (Å²) in [6.45, 7) is 0. The van der Waals surface area contributed by atoms with E-state index in [1.54, 1.807) is 18.2 Å². The lowest BCUT2D eigenvalue weighted by Gasteiger charge is -2.19. The summed E-state index contributed by atoms with van der Waals surface area (Å²) in [5.74, 6) is 0.336. The van der Waals surface area contributed by atoms with Gasteiger partial charge < -0.3 is 0 Å². The summed E-state index contributed by atoms with van der Waals surface area (Å²) in [5.41, 5.74) is 0.631. The minimum atomic E-state index is 0.143. The predicted molar refractivity (Wildman–Crippen MR) is 76.6 cm³/mol. The minimum absolute atomic E-state index is 0.143. The highest BCUT2D eigenvalue weighted by molar-refractivity contribution is 6.36. The molecule has 0 saturated heterocycles. The quantitative estimate of drug-likeness (QED) is 0.652. The fourth-order valence-electron chi connectivity index (χ4n) is 2.63. The number of rotatable bonds is 2. The van der Waals surface area contributed by atoms with Gasteiger partial charge in [-0.2, -0.15) is 0 Å². The van der Waals surface area contributed by atoms with Crippen molar-refractivity contribution in [2.75, 3.05) is 0 Å². The summed E-state index contributed by atoms with van der Waals surface area (Å²) in [5, 5.41) is 1.06. The fraction of sp³-hybridized carbons (Fsp3) is 0.533. The maximum absolute atomic E-state index is 12.5. The molecule has 3 heteroatoms. The number of carbonyl (C=O) groups is 1. The molecule has 0 aromatic heterocycles. The van der Waals surface area contributed by atoms with Crippen molar-refractivity contribution in [2.45, 2.75) is 44.9 Å². The van der Waals surface area contributed by atoms with Crippen LogP contribution in [-0.4, -0.2) is 5.78 Å². The molecule has 0 radical (unpaired) electrons. The van der Waals surface area contributed by atoms with Crippen LogP contribution in [0.3, 0.4) is 0 Å². The molecule has 1 nitrogen and oxygen atoms in total. The Kier molecular flexibility index (Phi) is 5.08. The first-order valence-corrected chi connectivity index (χ1v) is 7.43. The van der Waals surface area contributed by atoms with E-state index in [1.807, 2.05) is 0 Å². The van der Waals surface area contributed by atoms with Crippen molar-refractivity contribution in [1.29, 1.82) is 0 Å². The van der Waals surface area contributed by atoms with Crippen LogP contribution in [0.5, 0.6) is 0 Å². The van der Waals surface area contributed by atoms with Gasteiger partial charge in [0, 0.05) is 16.5 Å². The van der Waals surface area contributed by atoms with Gasteiger partial charge in [0.25, 0.3) is 0 Å². The topological polar surface area (TPSA) is 17.1 Å². The van der Waals surface area contributed by atoms with E-state index in [2.05, 4.69) is 0 Å². The fourth-order valence-corrected chi connectivity index (χ4v) is 3.13. The maximum Gasteiger partial charge on any atom is 0.167 e. The SMILES string of the molecule is O=C(c1ccc(Cl)cc1Cl)C1CCCCCCC1. The maximum atomic E-state index is 12.5. The third-order valence-corrected chi connectivity index (χ3v) is 4.22. The van der Waals surface area contributed by atoms with Gasteiger partial charge in [0.05, 0.1) is 5.02 Å². The number of hydrogen-bond donors (Lipinski definition) is 0. The highest BCUT2D eigenvalue weighted by Gasteiger charge is 2.22. The second-order valence-corrected chi connectivity index (χ2v) is 5.87. The Hall–Kier alpha value is -0.530. The molecule has 98 valence electrons. The van der Waals surface area contributed by atoms with E-state index in [9.17, 15) is 4.79 Å². The van der Waals surface area contributed by atoms with Gasteiger partial charge in [-0.3, -0.25) is 4.79 Å². The Bertz CT molecular complexity index is 421. The number of hydrogen-bond acceptors (Lipinski definition) is 1. The van der Waals surface area contributed by atoms with Crippen molar-refractivity contribution in [2.24, 2.45) is 5.92 Å². The van der Waals surface area contributed by atoms with Crippen molar-refractivity contribution in [1.82, 2.24) is 0 Å². The molecule has 0 heterocycles. The van der Waals surface area contributed by atoms with E-state index in [4.69, 9.17) is 23.2 Å². The Morgan fingerprint density at radius 3 is 2.22 bits per heavy atom. The van der Waals surface area contributed by atoms with Crippen molar-refractivity contribution >= 4 is 29.0 Å². The van der Waals surface area contributed by atoms with Gasteiger partial charge in [-0.05, 0) is 31.0 Å². The van der Waals surface area contributed by atoms with Crippen molar-refractivity contribution in [3.63, 3.8) is 0 Å². The summed E-state index contributed by atoms with van der Waals surface area (Å²) >= 11 is 12.0. The Morgan fingerprint density at radius 1 is 1.00 bits per heavy atom. The largest absolute Gasteiger partial charge is 0.294 e. The first-order valence-electron chi connectivity index (χ1n) is 6.68. The zero-order valence-electron chi connectivity index (χ0n) is 10.4. The molecular formula is C15H18Cl2O. The number of carbonyl (C=O) groups excluding carboxylic acids is 1. The monoisotopic (exact) mass is 284 g/mol. The lowest BCUT2D eigenvalue weighted by atomic mass is 9.86. The molecule has 1 aromatic carbocycles. The molecule has 1 aromatic rings. The molecule has 0 N–H and O–H groups in total. The van der Waals surface area contributed by atoms with Crippen LogP contribution < -0.4 is 0 Å². The van der Waals surface area contributed by atoms with E-state index < -0.39 is 0 Å². The number of benzene rings is 1. The van der Waals surface area contributed by atoms with E-state index in [-0.39, 0.29) is 11.7 Å². The number of Topliss-reactive ketones (excluding diaryl/α,β-unsaturated/α-hetero) is 1. The third-order valence-electron chi connectivity index (χ3n) is 3.67. The molecule has 1 saturated carbocycles. The standard InChI is InChI=1S/C15H18Cl2O/c16-12-8-9-13(14(17)10-12)15(18)11-6-4-2-1-3-5-7-11/h8-11H,1-7H2. The van der Waals surface area contributed by atoms with Crippen LogP contribution in [0.1, 0.15) is 55.3 Å². The Labute approximate surface area is 118 Å². The first-order chi connectivity index (χ1) is 8.68. The summed E-state index contributed by atoms with van der Waals surface area (Å²) in [6.07, 6.45) is 8.11. The molecule has 1 aliphatic carbocycles. The van der Waals surface area contributed by atoms with Crippen molar-refractivity contribution in [3.05, 3.63) is 33.8 Å². The van der Waals surface area contributed by atoms with Gasteiger partial charge in [-0.15, -0.1) is 0 Å². The zero-order valence-corrected chi connectivity index (χ0v) is 11.9. The van der Waals surface area contributed by atoms with Gasteiger partial charge >= 0.3 is 0 Å². The highest BCUT2D eigenvalue weighted by Crippen LogP contribution is 2.29. The average molecular weight is 285 g/mol. The zero-order chi connectivity index (χ0) is 13.0. The molecule has 1 aliphatic rings. The van der Waals surface area contributed by atoms with Crippen LogP contribution in [0.2, 0.25) is 10.0 Å². The smallest absolute Gasteiger partial charge is 0.167 e. The molecule has 1 fully saturated rings. The van der Waals surface area contributed by atoms with Crippen LogP contribution in [-0.2, 0) is 0 Å². The second-order valence-electron chi connectivity index (χ2n) is 5.03. The highest BCUT2D eigenvalue weighted by atomic mass is 35.5. The van der Waals surface area contributed by atoms with E-state index in [0.717, 1.165) is 25.7 Å². The summed E-state index contributed by atoms with van der Waals surface area (Å²) in [7, 11) is 0. The van der Waals surface area contributed by atoms with E-state index >= 15 is 0 Å². The van der Waals surface area contributed by atoms with Crippen LogP contribution in [0.4, 0.5) is 0 Å². The van der Waals surface area contributed by atoms with E-state index in [0.29, 0.717) is 15.6 Å². The summed E-state index contributed by atoms with van der Waals surface area (Å²) in [6, 6.07) is 5.15. The lowest BCUT2D eigenvalue weighted by Crippen LogP contribution is -2.16. The molecular weight excluding hydrogens is 267 g/mol. The lowest BCUT2D eigenvalue weighted by molar-refractivity contribution is 0.0898. The Morgan fingerprint density at radius 2 is 1.61 bits per heavy atom.